The van der Waals surface area contributed by atoms with E-state index in [-0.39, 0.29) is 35.6 Å². The Labute approximate surface area is 141 Å². The summed E-state index contributed by atoms with van der Waals surface area (Å²) >= 11 is 0. The lowest BCUT2D eigenvalue weighted by molar-refractivity contribution is -0.116. The summed E-state index contributed by atoms with van der Waals surface area (Å²) in [6.45, 7) is 5.92. The molecular formula is C17H23N5O2. The van der Waals surface area contributed by atoms with Crippen LogP contribution in [0, 0.1) is 5.92 Å². The van der Waals surface area contributed by atoms with E-state index in [0.29, 0.717) is 11.5 Å². The van der Waals surface area contributed by atoms with Gasteiger partial charge in [0.2, 0.25) is 0 Å². The number of nitrogens with one attached hydrogen (secondary N) is 1. The highest BCUT2D eigenvalue weighted by molar-refractivity contribution is 6.41. The molecule has 1 aromatic heterocycles. The number of carbonyl (C=O) groups is 1. The van der Waals surface area contributed by atoms with E-state index in [2.05, 4.69) is 20.4 Å². The minimum Gasteiger partial charge on any atom is -0.374 e. The van der Waals surface area contributed by atoms with Crippen molar-refractivity contribution in [1.82, 2.24) is 15.3 Å². The zero-order valence-corrected chi connectivity index (χ0v) is 14.3. The summed E-state index contributed by atoms with van der Waals surface area (Å²) in [5.74, 6) is 0.568. The average Bonchev–Trinajstić information content (AvgIpc) is 3.09. The monoisotopic (exact) mass is 329 g/mol. The third-order valence-corrected chi connectivity index (χ3v) is 4.81. The van der Waals surface area contributed by atoms with Crippen molar-refractivity contribution < 1.29 is 9.53 Å². The highest BCUT2D eigenvalue weighted by Crippen LogP contribution is 2.43. The van der Waals surface area contributed by atoms with E-state index in [1.807, 2.05) is 25.8 Å². The molecule has 0 aromatic carbocycles. The maximum absolute atomic E-state index is 12.8. The Kier molecular flexibility index (Phi) is 3.56. The van der Waals surface area contributed by atoms with Crippen LogP contribution in [0.3, 0.4) is 0 Å². The lowest BCUT2D eigenvalue weighted by atomic mass is 9.86. The third kappa shape index (κ3) is 2.66. The summed E-state index contributed by atoms with van der Waals surface area (Å²) in [6, 6.07) is 0.119. The summed E-state index contributed by atoms with van der Waals surface area (Å²) in [4.78, 5) is 21.3. The van der Waals surface area contributed by atoms with Gasteiger partial charge in [0.1, 0.15) is 5.71 Å². The zero-order valence-electron chi connectivity index (χ0n) is 14.3. The van der Waals surface area contributed by atoms with Gasteiger partial charge in [-0.15, -0.1) is 0 Å². The van der Waals surface area contributed by atoms with Gasteiger partial charge >= 0.3 is 0 Å². The second kappa shape index (κ2) is 5.51. The van der Waals surface area contributed by atoms with Crippen LogP contribution in [0.4, 0.5) is 5.82 Å². The van der Waals surface area contributed by atoms with Crippen molar-refractivity contribution in [2.45, 2.75) is 63.8 Å². The van der Waals surface area contributed by atoms with E-state index >= 15 is 0 Å². The molecule has 1 N–H and O–H groups in total. The molecule has 0 spiro atoms. The maximum atomic E-state index is 12.8. The molecule has 4 atom stereocenters. The third-order valence-electron chi connectivity index (χ3n) is 4.81. The Bertz CT molecular complexity index is 669. The molecular weight excluding hydrogens is 306 g/mol. The number of hydrazone groups is 1. The van der Waals surface area contributed by atoms with Crippen molar-refractivity contribution >= 4 is 17.4 Å². The first kappa shape index (κ1) is 15.5. The fraction of sp³-hybridized carbons (Fsp3) is 0.647. The molecule has 0 radical (unpaired) electrons. The summed E-state index contributed by atoms with van der Waals surface area (Å²) in [6.07, 6.45) is 8.23. The van der Waals surface area contributed by atoms with Gasteiger partial charge in [0.15, 0.2) is 5.82 Å². The Morgan fingerprint density at radius 1 is 1.33 bits per heavy atom. The molecule has 0 aliphatic carbocycles. The predicted octanol–water partition coefficient (Wildman–Crippen LogP) is 1.50. The molecule has 128 valence electrons. The molecule has 1 amide bonds. The number of amides is 1. The van der Waals surface area contributed by atoms with Crippen LogP contribution in [0.25, 0.3) is 0 Å². The van der Waals surface area contributed by atoms with Crippen LogP contribution < -0.4 is 10.3 Å². The van der Waals surface area contributed by atoms with Crippen molar-refractivity contribution in [2.24, 2.45) is 11.0 Å². The largest absolute Gasteiger partial charge is 0.374 e. The van der Waals surface area contributed by atoms with Crippen molar-refractivity contribution in [2.75, 3.05) is 5.01 Å². The van der Waals surface area contributed by atoms with Gasteiger partial charge in [0.05, 0.1) is 30.4 Å². The Morgan fingerprint density at radius 3 is 2.88 bits per heavy atom. The van der Waals surface area contributed by atoms with Crippen LogP contribution in [-0.4, -0.2) is 45.4 Å². The fourth-order valence-corrected chi connectivity index (χ4v) is 3.93. The molecule has 3 aliphatic heterocycles. The van der Waals surface area contributed by atoms with Crippen molar-refractivity contribution in [3.63, 3.8) is 0 Å². The topological polar surface area (TPSA) is 79.7 Å². The summed E-state index contributed by atoms with van der Waals surface area (Å²) in [5, 5.41) is 9.58. The maximum Gasteiger partial charge on any atom is 0.268 e. The summed E-state index contributed by atoms with van der Waals surface area (Å²) in [7, 11) is 0. The number of anilines is 1. The van der Waals surface area contributed by atoms with Crippen LogP contribution in [0.5, 0.6) is 0 Å². The van der Waals surface area contributed by atoms with Crippen molar-refractivity contribution in [3.05, 3.63) is 18.6 Å². The number of aromatic nitrogens is 2. The highest BCUT2D eigenvalue weighted by atomic mass is 16.5. The summed E-state index contributed by atoms with van der Waals surface area (Å²) in [5.41, 5.74) is 0.258. The molecule has 1 aromatic rings. The first-order valence-corrected chi connectivity index (χ1v) is 8.54. The van der Waals surface area contributed by atoms with Gasteiger partial charge in [-0.1, -0.05) is 0 Å². The normalized spacial score (nSPS) is 31.6. The van der Waals surface area contributed by atoms with Crippen LogP contribution in [0.15, 0.2) is 23.7 Å². The number of carbonyl (C=O) groups excluding carboxylic acids is 1. The first-order chi connectivity index (χ1) is 11.4. The van der Waals surface area contributed by atoms with E-state index < -0.39 is 0 Å². The molecule has 2 fully saturated rings. The van der Waals surface area contributed by atoms with Crippen LogP contribution >= 0.6 is 0 Å². The SMILES string of the molecule is CC(C)(C)NC(=O)C1=NN(c2cnccn2)C2CC3CCC(O3)C12. The van der Waals surface area contributed by atoms with E-state index in [9.17, 15) is 4.79 Å². The fourth-order valence-electron chi connectivity index (χ4n) is 3.93. The minimum atomic E-state index is -0.303. The Balaban J connectivity index is 1.69. The number of nitrogens with zero attached hydrogens (tertiary/aromatic N) is 4. The molecule has 4 heterocycles. The number of hydrogen-bond acceptors (Lipinski definition) is 6. The van der Waals surface area contributed by atoms with E-state index in [1.54, 1.807) is 18.6 Å². The van der Waals surface area contributed by atoms with E-state index in [4.69, 9.17) is 4.74 Å². The van der Waals surface area contributed by atoms with Gasteiger partial charge < -0.3 is 10.1 Å². The predicted molar refractivity (Wildman–Crippen MR) is 89.6 cm³/mol. The standard InChI is InChI=1S/C17H23N5O2/c1-17(2,3)20-16(23)15-14-11(8-10-4-5-12(14)24-10)22(21-15)13-9-18-6-7-19-13/h6-7,9-12,14H,4-5,8H2,1-3H3,(H,20,23). The molecule has 2 bridgehead atoms. The summed E-state index contributed by atoms with van der Waals surface area (Å²) < 4.78 is 6.08. The Morgan fingerprint density at radius 2 is 2.17 bits per heavy atom. The van der Waals surface area contributed by atoms with Crippen LogP contribution in [0.2, 0.25) is 0 Å². The lowest BCUT2D eigenvalue weighted by Crippen LogP contribution is -2.51. The van der Waals surface area contributed by atoms with Gasteiger partial charge in [-0.2, -0.15) is 5.10 Å². The minimum absolute atomic E-state index is 0.00638. The molecule has 2 saturated heterocycles. The molecule has 7 heteroatoms. The first-order valence-electron chi connectivity index (χ1n) is 8.54. The smallest absolute Gasteiger partial charge is 0.268 e. The molecule has 4 unspecified atom stereocenters. The number of rotatable bonds is 2. The number of ether oxygens (including phenoxy) is 1. The quantitative estimate of drug-likeness (QED) is 0.889. The molecule has 24 heavy (non-hydrogen) atoms. The zero-order chi connectivity index (χ0) is 16.9. The van der Waals surface area contributed by atoms with Gasteiger partial charge in [-0.05, 0) is 40.0 Å². The average molecular weight is 329 g/mol. The van der Waals surface area contributed by atoms with Gasteiger partial charge in [-0.25, -0.2) is 9.99 Å². The van der Waals surface area contributed by atoms with Gasteiger partial charge in [0.25, 0.3) is 5.91 Å². The second-order valence-electron chi connectivity index (χ2n) is 7.80. The highest BCUT2D eigenvalue weighted by Gasteiger charge is 2.53. The van der Waals surface area contributed by atoms with Crippen LogP contribution in [-0.2, 0) is 9.53 Å². The van der Waals surface area contributed by atoms with Crippen molar-refractivity contribution in [1.29, 1.82) is 0 Å². The Hall–Kier alpha value is -2.02. The molecule has 7 nitrogen and oxygen atoms in total. The number of fused-ring (bicyclic) bond motifs is 4. The molecule has 3 aliphatic rings. The van der Waals surface area contributed by atoms with Gasteiger partial charge in [-0.3, -0.25) is 9.78 Å². The van der Waals surface area contributed by atoms with Crippen LogP contribution in [0.1, 0.15) is 40.0 Å². The second-order valence-corrected chi connectivity index (χ2v) is 7.80. The van der Waals surface area contributed by atoms with E-state index in [1.165, 1.54) is 0 Å². The van der Waals surface area contributed by atoms with Gasteiger partial charge in [0, 0.05) is 17.9 Å². The molecule has 0 saturated carbocycles. The molecule has 4 rings (SSSR count). The van der Waals surface area contributed by atoms with E-state index in [0.717, 1.165) is 19.3 Å². The van der Waals surface area contributed by atoms with Crippen molar-refractivity contribution in [3.8, 4) is 0 Å². The lowest BCUT2D eigenvalue weighted by Gasteiger charge is -2.35. The number of hydrogen-bond donors (Lipinski definition) is 1.